The number of hydrogen-bond donors (Lipinski definition) is 0. The summed E-state index contributed by atoms with van der Waals surface area (Å²) in [6.45, 7) is 0. The zero-order chi connectivity index (χ0) is 13.4. The number of carboxylic acid groups (broad SMARTS) is 1. The number of aromatic carboxylic acids is 1. The molecule has 0 saturated heterocycles. The van der Waals surface area contributed by atoms with Crippen molar-refractivity contribution in [2.75, 3.05) is 0 Å². The van der Waals surface area contributed by atoms with E-state index < -0.39 is 42.2 Å². The second kappa shape index (κ2) is 7.91. The summed E-state index contributed by atoms with van der Waals surface area (Å²) in [7, 11) is -5.13. The summed E-state index contributed by atoms with van der Waals surface area (Å²) >= 11 is 5.36. The molecule has 92 valence electrons. The summed E-state index contributed by atoms with van der Waals surface area (Å²) in [5.74, 6) is -1.83. The van der Waals surface area contributed by atoms with E-state index >= 15 is 0 Å². The number of nitrogens with zero attached hydrogens (tertiary/aromatic N) is 1. The van der Waals surface area contributed by atoms with E-state index in [2.05, 4.69) is 0 Å². The minimum absolute atomic E-state index is 0. The Labute approximate surface area is 156 Å². The molecule has 0 aliphatic rings. The van der Waals surface area contributed by atoms with E-state index in [4.69, 9.17) is 11.6 Å². The normalized spacial score (nSPS) is 10.0. The number of rotatable bonds is 3. The number of carbonyl (C=O) groups is 1. The molecular weight excluding hydrogens is 324 g/mol. The van der Waals surface area contributed by atoms with Crippen molar-refractivity contribution in [2.24, 2.45) is 0 Å². The molecule has 0 saturated carbocycles. The number of carboxylic acids is 1. The third-order valence-electron chi connectivity index (χ3n) is 1.73. The smallest absolute Gasteiger partial charge is 0.744 e. The van der Waals surface area contributed by atoms with Gasteiger partial charge in [-0.2, -0.15) is 0 Å². The van der Waals surface area contributed by atoms with Gasteiger partial charge in [-0.1, -0.05) is 11.6 Å². The van der Waals surface area contributed by atoms with Crippen LogP contribution < -0.4 is 64.2 Å². The molecule has 1 aromatic rings. The predicted molar refractivity (Wildman–Crippen MR) is 50.4 cm³/mol. The molecule has 0 unspecified atom stereocenters. The van der Waals surface area contributed by atoms with Gasteiger partial charge in [-0.25, -0.2) is 8.42 Å². The van der Waals surface area contributed by atoms with Crippen LogP contribution in [0.1, 0.15) is 10.4 Å². The molecule has 0 N–H and O–H groups in total. The maximum Gasteiger partial charge on any atom is 1.00 e. The summed E-state index contributed by atoms with van der Waals surface area (Å²) in [4.78, 5) is 18.6. The first-order chi connectivity index (χ1) is 7.64. The van der Waals surface area contributed by atoms with Gasteiger partial charge in [0.2, 0.25) is 0 Å². The van der Waals surface area contributed by atoms with Crippen molar-refractivity contribution < 1.29 is 86.9 Å². The summed E-state index contributed by atoms with van der Waals surface area (Å²) in [5.41, 5.74) is -1.94. The fourth-order valence-corrected chi connectivity index (χ4v) is 2.00. The molecule has 19 heavy (non-hydrogen) atoms. The third kappa shape index (κ3) is 5.29. The molecule has 0 heterocycles. The molecule has 0 aliphatic heterocycles. The SMILES string of the molecule is O=C([O-])c1cc([N+](=O)[O-])c(S(=O)(=O)[O-])cc1Cl.[Na+].[Na+]. The summed E-state index contributed by atoms with van der Waals surface area (Å²) in [6.07, 6.45) is 0. The van der Waals surface area contributed by atoms with Crippen LogP contribution in [0.25, 0.3) is 0 Å². The first-order valence-corrected chi connectivity index (χ1v) is 5.58. The summed E-state index contributed by atoms with van der Waals surface area (Å²) < 4.78 is 32.1. The molecule has 0 atom stereocenters. The Morgan fingerprint density at radius 1 is 1.26 bits per heavy atom. The van der Waals surface area contributed by atoms with Crippen LogP contribution >= 0.6 is 11.6 Å². The molecule has 0 radical (unpaired) electrons. The quantitative estimate of drug-likeness (QED) is 0.233. The topological polar surface area (TPSA) is 140 Å². The number of nitro benzene ring substituents is 1. The van der Waals surface area contributed by atoms with Gasteiger partial charge in [-0.05, 0) is 6.07 Å². The molecule has 8 nitrogen and oxygen atoms in total. The van der Waals surface area contributed by atoms with Crippen LogP contribution in [0.4, 0.5) is 5.69 Å². The Hall–Kier alpha value is 0.290. The van der Waals surface area contributed by atoms with Crippen LogP contribution in [-0.2, 0) is 10.1 Å². The average molecular weight is 326 g/mol. The van der Waals surface area contributed by atoms with Crippen LogP contribution in [0.15, 0.2) is 17.0 Å². The van der Waals surface area contributed by atoms with Gasteiger partial charge in [0, 0.05) is 11.6 Å². The van der Waals surface area contributed by atoms with E-state index in [0.29, 0.717) is 12.1 Å². The van der Waals surface area contributed by atoms with Crippen LogP contribution in [0, 0.1) is 10.1 Å². The van der Waals surface area contributed by atoms with Gasteiger partial charge in [0.05, 0.1) is 15.9 Å². The van der Waals surface area contributed by atoms with E-state index in [1.165, 1.54) is 0 Å². The second-order valence-electron chi connectivity index (χ2n) is 2.80. The van der Waals surface area contributed by atoms with E-state index in [1.807, 2.05) is 0 Å². The molecule has 0 amide bonds. The maximum absolute atomic E-state index is 10.7. The van der Waals surface area contributed by atoms with Gasteiger partial charge in [0.25, 0.3) is 5.69 Å². The van der Waals surface area contributed by atoms with Gasteiger partial charge >= 0.3 is 59.1 Å². The van der Waals surface area contributed by atoms with Crippen molar-refractivity contribution in [1.82, 2.24) is 0 Å². The number of carbonyl (C=O) groups excluding carboxylic acids is 1. The van der Waals surface area contributed by atoms with Crippen LogP contribution in [0.5, 0.6) is 0 Å². The van der Waals surface area contributed by atoms with Crippen LogP contribution in [0.2, 0.25) is 5.02 Å². The van der Waals surface area contributed by atoms with E-state index in [-0.39, 0.29) is 59.1 Å². The first-order valence-electron chi connectivity index (χ1n) is 3.79. The zero-order valence-corrected chi connectivity index (χ0v) is 15.3. The molecule has 0 aliphatic carbocycles. The molecule has 0 spiro atoms. The Morgan fingerprint density at radius 3 is 2.05 bits per heavy atom. The fourth-order valence-electron chi connectivity index (χ4n) is 1.04. The van der Waals surface area contributed by atoms with E-state index in [0.717, 1.165) is 0 Å². The summed E-state index contributed by atoms with van der Waals surface area (Å²) in [5, 5.41) is 20.4. The average Bonchev–Trinajstić information content (AvgIpc) is 2.14. The van der Waals surface area contributed by atoms with Gasteiger partial charge in [0.1, 0.15) is 15.0 Å². The van der Waals surface area contributed by atoms with Gasteiger partial charge in [-0.15, -0.1) is 0 Å². The minimum atomic E-state index is -5.13. The minimum Gasteiger partial charge on any atom is -0.744 e. The van der Waals surface area contributed by atoms with Crippen molar-refractivity contribution >= 4 is 33.4 Å². The van der Waals surface area contributed by atoms with Crippen LogP contribution in [0.3, 0.4) is 0 Å². The number of nitro groups is 1. The van der Waals surface area contributed by atoms with Gasteiger partial charge in [-0.3, -0.25) is 10.1 Å². The Kier molecular flexibility index (Phi) is 8.99. The van der Waals surface area contributed by atoms with E-state index in [1.54, 1.807) is 0 Å². The van der Waals surface area contributed by atoms with Crippen molar-refractivity contribution in [1.29, 1.82) is 0 Å². The fraction of sp³-hybridized carbons (Fsp3) is 0. The predicted octanol–water partition coefficient (Wildman–Crippen LogP) is -6.48. The van der Waals surface area contributed by atoms with Crippen molar-refractivity contribution in [3.63, 3.8) is 0 Å². The summed E-state index contributed by atoms with van der Waals surface area (Å²) in [6, 6.07) is 0.773. The molecular formula is C7H2ClNNa2O7S. The largest absolute Gasteiger partial charge is 1.00 e. The van der Waals surface area contributed by atoms with Gasteiger partial charge < -0.3 is 14.5 Å². The monoisotopic (exact) mass is 325 g/mol. The molecule has 1 aromatic carbocycles. The zero-order valence-electron chi connectivity index (χ0n) is 9.75. The maximum atomic E-state index is 10.7. The van der Waals surface area contributed by atoms with Gasteiger partial charge in [0.15, 0.2) is 0 Å². The Balaban J connectivity index is 0. The molecule has 1 rings (SSSR count). The number of hydrogen-bond acceptors (Lipinski definition) is 7. The standard InChI is InChI=1S/C7H4ClNO7S.2Na/c8-4-2-6(17(14,15)16)5(9(12)13)1-3(4)7(10)11;;/h1-2H,(H,10,11)(H,14,15,16);;/q;2*+1/p-2. The second-order valence-corrected chi connectivity index (χ2v) is 4.55. The van der Waals surface area contributed by atoms with Crippen molar-refractivity contribution in [3.8, 4) is 0 Å². The first kappa shape index (κ1) is 21.6. The molecule has 0 fully saturated rings. The molecule has 0 aromatic heterocycles. The Bertz CT molecular complexity index is 618. The molecule has 12 heteroatoms. The number of halogens is 1. The van der Waals surface area contributed by atoms with Crippen LogP contribution in [-0.4, -0.2) is 23.9 Å². The van der Waals surface area contributed by atoms with Crippen molar-refractivity contribution in [2.45, 2.75) is 4.90 Å². The Morgan fingerprint density at radius 2 is 1.74 bits per heavy atom. The number of benzene rings is 1. The third-order valence-corrected chi connectivity index (χ3v) is 2.91. The van der Waals surface area contributed by atoms with E-state index in [9.17, 15) is 33.0 Å². The molecule has 0 bridgehead atoms. The van der Waals surface area contributed by atoms with Crippen molar-refractivity contribution in [3.05, 3.63) is 32.8 Å².